The van der Waals surface area contributed by atoms with Gasteiger partial charge in [0.25, 0.3) is 0 Å². The molecule has 3 rings (SSSR count). The number of rotatable bonds is 14. The average molecular weight is 592 g/mol. The van der Waals surface area contributed by atoms with E-state index in [0.29, 0.717) is 35.3 Å². The number of benzene rings is 2. The van der Waals surface area contributed by atoms with Crippen LogP contribution in [0.5, 0.6) is 5.75 Å². The summed E-state index contributed by atoms with van der Waals surface area (Å²) in [7, 11) is 3.52. The zero-order chi connectivity index (χ0) is 30.2. The zero-order valence-corrected chi connectivity index (χ0v) is 26.1. The first-order valence-electron chi connectivity index (χ1n) is 14.3. The Morgan fingerprint density at radius 1 is 1.05 bits per heavy atom. The lowest BCUT2D eigenvalue weighted by atomic mass is 9.75. The molecule has 1 aliphatic carbocycles. The predicted octanol–water partition coefficient (Wildman–Crippen LogP) is 4.70. The topological polar surface area (TPSA) is 88.2 Å². The van der Waals surface area contributed by atoms with Crippen molar-refractivity contribution >= 4 is 15.9 Å². The molecule has 0 bridgehead atoms. The smallest absolute Gasteiger partial charge is 0.245 e. The van der Waals surface area contributed by atoms with Gasteiger partial charge in [-0.2, -0.15) is 4.31 Å². The van der Waals surface area contributed by atoms with Crippen LogP contribution in [-0.2, 0) is 19.6 Å². The fourth-order valence-electron chi connectivity index (χ4n) is 5.98. The first-order chi connectivity index (χ1) is 19.4. The van der Waals surface area contributed by atoms with Crippen LogP contribution in [0.25, 0.3) is 0 Å². The Kier molecular flexibility index (Phi) is 12.1. The van der Waals surface area contributed by atoms with Crippen LogP contribution in [0.2, 0.25) is 0 Å². The quantitative estimate of drug-likeness (QED) is 0.321. The number of nitrogens with one attached hydrogen (secondary N) is 1. The molecule has 41 heavy (non-hydrogen) atoms. The average Bonchev–Trinajstić information content (AvgIpc) is 2.92. The number of aryl methyl sites for hydroxylation is 2. The minimum Gasteiger partial charge on any atom is -0.497 e. The van der Waals surface area contributed by atoms with E-state index in [9.17, 15) is 17.6 Å². The third kappa shape index (κ3) is 8.98. The number of amides is 1. The molecule has 0 saturated heterocycles. The highest BCUT2D eigenvalue weighted by Gasteiger charge is 2.30. The highest BCUT2D eigenvalue weighted by Crippen LogP contribution is 2.40. The Bertz CT molecular complexity index is 1220. The molecule has 1 N–H and O–H groups in total. The van der Waals surface area contributed by atoms with E-state index in [1.165, 1.54) is 23.5 Å². The summed E-state index contributed by atoms with van der Waals surface area (Å²) < 4.78 is 51.6. The summed E-state index contributed by atoms with van der Waals surface area (Å²) in [6.07, 6.45) is 5.35. The molecule has 0 aromatic heterocycles. The van der Waals surface area contributed by atoms with E-state index in [1.54, 1.807) is 33.1 Å². The van der Waals surface area contributed by atoms with Crippen molar-refractivity contribution in [2.24, 2.45) is 11.8 Å². The van der Waals surface area contributed by atoms with Crippen LogP contribution >= 0.6 is 0 Å². The van der Waals surface area contributed by atoms with Crippen molar-refractivity contribution in [3.8, 4) is 5.75 Å². The van der Waals surface area contributed by atoms with Gasteiger partial charge in [0, 0.05) is 26.2 Å². The van der Waals surface area contributed by atoms with Gasteiger partial charge >= 0.3 is 0 Å². The molecule has 1 unspecified atom stereocenters. The molecular formula is C31H46FN3O5S. The van der Waals surface area contributed by atoms with Gasteiger partial charge in [-0.05, 0) is 100.0 Å². The van der Waals surface area contributed by atoms with E-state index >= 15 is 0 Å². The molecule has 0 aliphatic heterocycles. The van der Waals surface area contributed by atoms with Gasteiger partial charge in [-0.15, -0.1) is 0 Å². The Morgan fingerprint density at radius 2 is 1.66 bits per heavy atom. The van der Waals surface area contributed by atoms with Crippen LogP contribution in [0.4, 0.5) is 4.39 Å². The lowest BCUT2D eigenvalue weighted by molar-refractivity contribution is -0.125. The van der Waals surface area contributed by atoms with Crippen molar-refractivity contribution in [3.05, 3.63) is 58.9 Å². The number of carbonyl (C=O) groups is 1. The molecule has 1 fully saturated rings. The third-order valence-corrected chi connectivity index (χ3v) is 10.3. The van der Waals surface area contributed by atoms with E-state index < -0.39 is 10.0 Å². The number of methoxy groups -OCH3 is 1. The van der Waals surface area contributed by atoms with Crippen LogP contribution in [0.15, 0.2) is 41.3 Å². The number of ether oxygens (including phenoxy) is 2. The van der Waals surface area contributed by atoms with Gasteiger partial charge in [-0.25, -0.2) is 12.8 Å². The minimum absolute atomic E-state index is 0.108. The summed E-state index contributed by atoms with van der Waals surface area (Å²) in [6, 6.07) is 10.5. The van der Waals surface area contributed by atoms with Gasteiger partial charge in [0.2, 0.25) is 15.9 Å². The molecule has 1 saturated carbocycles. The molecule has 0 spiro atoms. The minimum atomic E-state index is -3.71. The highest BCUT2D eigenvalue weighted by molar-refractivity contribution is 7.89. The number of hydrogen-bond acceptors (Lipinski definition) is 6. The van der Waals surface area contributed by atoms with E-state index in [1.807, 2.05) is 12.1 Å². The molecule has 0 heterocycles. The van der Waals surface area contributed by atoms with Crippen molar-refractivity contribution in [2.45, 2.75) is 56.9 Å². The van der Waals surface area contributed by atoms with Crippen LogP contribution < -0.4 is 10.1 Å². The highest BCUT2D eigenvalue weighted by atomic mass is 32.2. The Labute approximate surface area is 245 Å². The molecule has 2 aromatic rings. The normalized spacial score (nSPS) is 18.5. The number of carbonyl (C=O) groups excluding carboxylic acids is 1. The van der Waals surface area contributed by atoms with E-state index in [-0.39, 0.29) is 42.4 Å². The third-order valence-electron chi connectivity index (χ3n) is 8.10. The summed E-state index contributed by atoms with van der Waals surface area (Å²) in [4.78, 5) is 14.8. The van der Waals surface area contributed by atoms with Crippen molar-refractivity contribution in [3.63, 3.8) is 0 Å². The van der Waals surface area contributed by atoms with Gasteiger partial charge in [-0.1, -0.05) is 25.0 Å². The molecular weight excluding hydrogens is 545 g/mol. The maximum atomic E-state index is 13.4. The van der Waals surface area contributed by atoms with Crippen LogP contribution in [-0.4, -0.2) is 78.1 Å². The summed E-state index contributed by atoms with van der Waals surface area (Å²) in [6.45, 7) is 4.23. The molecule has 1 atom stereocenters. The largest absolute Gasteiger partial charge is 0.497 e. The Hall–Kier alpha value is -2.53. The van der Waals surface area contributed by atoms with Gasteiger partial charge in [-0.3, -0.25) is 4.79 Å². The SMILES string of the molecule is COc1cc(C)c(S(=O)(=O)N(C)CCOCC(=O)NCCC2CCC(C(c3ccc(F)cc3)N(C)C)CC2)c(C)c1. The molecule has 10 heteroatoms. The van der Waals surface area contributed by atoms with Crippen molar-refractivity contribution in [1.29, 1.82) is 0 Å². The maximum absolute atomic E-state index is 13.4. The van der Waals surface area contributed by atoms with Crippen molar-refractivity contribution in [2.75, 3.05) is 54.6 Å². The second kappa shape index (κ2) is 15.1. The van der Waals surface area contributed by atoms with E-state index in [4.69, 9.17) is 9.47 Å². The second-order valence-corrected chi connectivity index (χ2v) is 13.3. The van der Waals surface area contributed by atoms with Crippen LogP contribution in [0.1, 0.15) is 54.8 Å². The summed E-state index contributed by atoms with van der Waals surface area (Å²) in [5.41, 5.74) is 2.39. The first kappa shape index (κ1) is 33.0. The Morgan fingerprint density at radius 3 is 2.22 bits per heavy atom. The van der Waals surface area contributed by atoms with E-state index in [0.717, 1.165) is 37.7 Å². The lowest BCUT2D eigenvalue weighted by Crippen LogP contribution is -2.34. The number of likely N-dealkylation sites (N-methyl/N-ethyl adjacent to an activating group) is 1. The number of hydrogen-bond donors (Lipinski definition) is 1. The molecule has 1 aliphatic rings. The Balaban J connectivity index is 1.35. The molecule has 2 aromatic carbocycles. The monoisotopic (exact) mass is 591 g/mol. The number of sulfonamides is 1. The number of nitrogens with zero attached hydrogens (tertiary/aromatic N) is 2. The summed E-state index contributed by atoms with van der Waals surface area (Å²) in [5, 5.41) is 2.93. The zero-order valence-electron chi connectivity index (χ0n) is 25.3. The van der Waals surface area contributed by atoms with E-state index in [2.05, 4.69) is 24.3 Å². The predicted molar refractivity (Wildman–Crippen MR) is 159 cm³/mol. The fourth-order valence-corrected chi connectivity index (χ4v) is 7.54. The van der Waals surface area contributed by atoms with Gasteiger partial charge < -0.3 is 19.7 Å². The first-order valence-corrected chi connectivity index (χ1v) is 15.8. The van der Waals surface area contributed by atoms with Crippen LogP contribution in [0, 0.1) is 31.5 Å². The maximum Gasteiger partial charge on any atom is 0.245 e. The summed E-state index contributed by atoms with van der Waals surface area (Å²) >= 11 is 0. The molecule has 0 radical (unpaired) electrons. The fraction of sp³-hybridized carbons (Fsp3) is 0.581. The second-order valence-electron chi connectivity index (χ2n) is 11.3. The molecule has 228 valence electrons. The van der Waals surface area contributed by atoms with Crippen LogP contribution in [0.3, 0.4) is 0 Å². The standard InChI is InChI=1S/C31H46FN3O5S/c1-22-19-28(39-6)20-23(2)31(22)41(37,38)35(5)17-18-40-21-29(36)33-16-15-24-7-9-25(10-8-24)30(34(3)4)26-11-13-27(32)14-12-26/h11-14,19-20,24-25,30H,7-10,15-18,21H2,1-6H3,(H,33,36). The van der Waals surface area contributed by atoms with Gasteiger partial charge in [0.05, 0.1) is 18.6 Å². The number of halogens is 1. The van der Waals surface area contributed by atoms with Gasteiger partial charge in [0.15, 0.2) is 0 Å². The van der Waals surface area contributed by atoms with Crippen molar-refractivity contribution in [1.82, 2.24) is 14.5 Å². The lowest BCUT2D eigenvalue weighted by Gasteiger charge is -2.37. The summed E-state index contributed by atoms with van der Waals surface area (Å²) in [5.74, 6) is 1.29. The molecule has 8 nitrogen and oxygen atoms in total. The van der Waals surface area contributed by atoms with Crippen molar-refractivity contribution < 1.29 is 27.1 Å². The molecule has 1 amide bonds. The van der Waals surface area contributed by atoms with Gasteiger partial charge in [0.1, 0.15) is 18.2 Å².